The molecular weight excluding hydrogens is 240 g/mol. The molecule has 0 saturated carbocycles. The molecule has 0 saturated heterocycles. The molecule has 2 aromatic rings. The van der Waals surface area contributed by atoms with Gasteiger partial charge in [0.15, 0.2) is 0 Å². The van der Waals surface area contributed by atoms with Gasteiger partial charge in [0.25, 0.3) is 0 Å². The van der Waals surface area contributed by atoms with E-state index in [9.17, 15) is 0 Å². The van der Waals surface area contributed by atoms with Gasteiger partial charge in [0.2, 0.25) is 0 Å². The standard InChI is InChI=1S/C11H14N2OS2/c14-4-3-13(7-10-1-5-15-9-10)8-11-12-2-6-16-11/h1-2,5-6,9,14H,3-4,7-8H2. The number of rotatable bonds is 6. The number of aromatic nitrogens is 1. The Morgan fingerprint density at radius 2 is 2.25 bits per heavy atom. The maximum Gasteiger partial charge on any atom is 0.107 e. The molecule has 16 heavy (non-hydrogen) atoms. The third-order valence-electron chi connectivity index (χ3n) is 2.24. The Morgan fingerprint density at radius 1 is 1.31 bits per heavy atom. The summed E-state index contributed by atoms with van der Waals surface area (Å²) in [5, 5.41) is 16.3. The molecule has 0 amide bonds. The molecule has 5 heteroatoms. The van der Waals surface area contributed by atoms with Gasteiger partial charge in [-0.1, -0.05) is 0 Å². The SMILES string of the molecule is OCCN(Cc1ccsc1)Cc1nccs1. The number of hydrogen-bond donors (Lipinski definition) is 1. The molecule has 0 aromatic carbocycles. The van der Waals surface area contributed by atoms with Crippen molar-refractivity contribution in [1.82, 2.24) is 9.88 Å². The number of nitrogens with zero attached hydrogens (tertiary/aromatic N) is 2. The lowest BCUT2D eigenvalue weighted by atomic mass is 10.3. The average Bonchev–Trinajstić information content (AvgIpc) is 2.91. The van der Waals surface area contributed by atoms with E-state index in [0.29, 0.717) is 6.54 Å². The Balaban J connectivity index is 1.94. The minimum Gasteiger partial charge on any atom is -0.395 e. The van der Waals surface area contributed by atoms with Gasteiger partial charge in [0, 0.05) is 24.7 Å². The Kier molecular flexibility index (Phi) is 4.47. The number of aliphatic hydroxyl groups excluding tert-OH is 1. The average molecular weight is 254 g/mol. The lowest BCUT2D eigenvalue weighted by Crippen LogP contribution is -2.25. The molecule has 0 aliphatic heterocycles. The summed E-state index contributed by atoms with van der Waals surface area (Å²) < 4.78 is 0. The van der Waals surface area contributed by atoms with E-state index in [-0.39, 0.29) is 6.61 Å². The normalized spacial score (nSPS) is 11.1. The molecule has 86 valence electrons. The highest BCUT2D eigenvalue weighted by Gasteiger charge is 2.08. The van der Waals surface area contributed by atoms with Crippen LogP contribution in [0.5, 0.6) is 0 Å². The lowest BCUT2D eigenvalue weighted by Gasteiger charge is -2.19. The predicted octanol–water partition coefficient (Wildman–Crippen LogP) is 2.20. The predicted molar refractivity (Wildman–Crippen MR) is 67.6 cm³/mol. The van der Waals surface area contributed by atoms with Crippen LogP contribution in [0.2, 0.25) is 0 Å². The van der Waals surface area contributed by atoms with Crippen LogP contribution < -0.4 is 0 Å². The molecular formula is C11H14N2OS2. The maximum atomic E-state index is 9.04. The van der Waals surface area contributed by atoms with Crippen molar-refractivity contribution >= 4 is 22.7 Å². The van der Waals surface area contributed by atoms with Gasteiger partial charge in [0.1, 0.15) is 5.01 Å². The number of aliphatic hydroxyl groups is 1. The van der Waals surface area contributed by atoms with Gasteiger partial charge in [-0.15, -0.1) is 11.3 Å². The second kappa shape index (κ2) is 6.10. The smallest absolute Gasteiger partial charge is 0.107 e. The summed E-state index contributed by atoms with van der Waals surface area (Å²) in [6.45, 7) is 2.57. The van der Waals surface area contributed by atoms with Crippen molar-refractivity contribution < 1.29 is 5.11 Å². The van der Waals surface area contributed by atoms with Gasteiger partial charge < -0.3 is 5.11 Å². The zero-order chi connectivity index (χ0) is 11.2. The molecule has 3 nitrogen and oxygen atoms in total. The Hall–Kier alpha value is -0.750. The molecule has 0 aliphatic rings. The summed E-state index contributed by atoms with van der Waals surface area (Å²) >= 11 is 3.36. The van der Waals surface area contributed by atoms with Crippen LogP contribution in [-0.4, -0.2) is 28.1 Å². The van der Waals surface area contributed by atoms with Crippen molar-refractivity contribution in [3.05, 3.63) is 39.0 Å². The van der Waals surface area contributed by atoms with Crippen LogP contribution in [0.4, 0.5) is 0 Å². The van der Waals surface area contributed by atoms with E-state index in [1.807, 2.05) is 11.6 Å². The van der Waals surface area contributed by atoms with E-state index in [1.54, 1.807) is 22.7 Å². The van der Waals surface area contributed by atoms with Crippen molar-refractivity contribution in [3.8, 4) is 0 Å². The van der Waals surface area contributed by atoms with Crippen molar-refractivity contribution in [3.63, 3.8) is 0 Å². The molecule has 0 atom stereocenters. The summed E-state index contributed by atoms with van der Waals surface area (Å²) in [4.78, 5) is 6.47. The van der Waals surface area contributed by atoms with E-state index in [2.05, 4.69) is 26.7 Å². The van der Waals surface area contributed by atoms with E-state index >= 15 is 0 Å². The van der Waals surface area contributed by atoms with E-state index < -0.39 is 0 Å². The highest BCUT2D eigenvalue weighted by atomic mass is 32.1. The molecule has 0 spiro atoms. The summed E-state index contributed by atoms with van der Waals surface area (Å²) in [6.07, 6.45) is 1.82. The van der Waals surface area contributed by atoms with Gasteiger partial charge in [-0.2, -0.15) is 11.3 Å². The molecule has 1 N–H and O–H groups in total. The zero-order valence-electron chi connectivity index (χ0n) is 8.87. The van der Waals surface area contributed by atoms with Crippen molar-refractivity contribution in [2.75, 3.05) is 13.2 Å². The summed E-state index contributed by atoms with van der Waals surface area (Å²) in [5.74, 6) is 0. The third-order valence-corrected chi connectivity index (χ3v) is 3.74. The molecule has 2 aromatic heterocycles. The van der Waals surface area contributed by atoms with Crippen LogP contribution in [0.15, 0.2) is 28.4 Å². The summed E-state index contributed by atoms with van der Waals surface area (Å²) in [6, 6.07) is 2.12. The highest BCUT2D eigenvalue weighted by molar-refractivity contribution is 7.09. The fourth-order valence-electron chi connectivity index (χ4n) is 1.52. The molecule has 0 unspecified atom stereocenters. The third kappa shape index (κ3) is 3.38. The molecule has 2 heterocycles. The molecule has 0 radical (unpaired) electrons. The molecule has 0 aliphatic carbocycles. The zero-order valence-corrected chi connectivity index (χ0v) is 10.5. The fraction of sp³-hybridized carbons (Fsp3) is 0.364. The fourth-order valence-corrected chi connectivity index (χ4v) is 2.84. The molecule has 2 rings (SSSR count). The first-order chi connectivity index (χ1) is 7.88. The van der Waals surface area contributed by atoms with Gasteiger partial charge in [-0.25, -0.2) is 4.98 Å². The Bertz CT molecular complexity index is 350. The van der Waals surface area contributed by atoms with Crippen molar-refractivity contribution in [2.45, 2.75) is 13.1 Å². The van der Waals surface area contributed by atoms with Gasteiger partial charge in [-0.05, 0) is 22.4 Å². The van der Waals surface area contributed by atoms with E-state index in [4.69, 9.17) is 5.11 Å². The van der Waals surface area contributed by atoms with Crippen molar-refractivity contribution in [2.24, 2.45) is 0 Å². The van der Waals surface area contributed by atoms with Crippen LogP contribution in [-0.2, 0) is 13.1 Å². The minimum atomic E-state index is 0.190. The minimum absolute atomic E-state index is 0.190. The van der Waals surface area contributed by atoms with Crippen LogP contribution in [0, 0.1) is 0 Å². The van der Waals surface area contributed by atoms with Crippen LogP contribution >= 0.6 is 22.7 Å². The largest absolute Gasteiger partial charge is 0.395 e. The maximum absolute atomic E-state index is 9.04. The molecule has 0 fully saturated rings. The first-order valence-corrected chi connectivity index (χ1v) is 6.93. The quantitative estimate of drug-likeness (QED) is 0.858. The second-order valence-corrected chi connectivity index (χ2v) is 5.25. The Labute approximate surface area is 103 Å². The second-order valence-electron chi connectivity index (χ2n) is 3.49. The summed E-state index contributed by atoms with van der Waals surface area (Å²) in [7, 11) is 0. The number of thiophene rings is 1. The van der Waals surface area contributed by atoms with Crippen LogP contribution in [0.3, 0.4) is 0 Å². The summed E-state index contributed by atoms with van der Waals surface area (Å²) in [5.41, 5.74) is 1.30. The first-order valence-electron chi connectivity index (χ1n) is 5.11. The van der Waals surface area contributed by atoms with E-state index in [0.717, 1.165) is 18.1 Å². The van der Waals surface area contributed by atoms with Crippen LogP contribution in [0.25, 0.3) is 0 Å². The lowest BCUT2D eigenvalue weighted by molar-refractivity contribution is 0.184. The van der Waals surface area contributed by atoms with Gasteiger partial charge in [-0.3, -0.25) is 4.90 Å². The highest BCUT2D eigenvalue weighted by Crippen LogP contribution is 2.13. The van der Waals surface area contributed by atoms with E-state index in [1.165, 1.54) is 5.56 Å². The topological polar surface area (TPSA) is 36.4 Å². The van der Waals surface area contributed by atoms with Gasteiger partial charge >= 0.3 is 0 Å². The van der Waals surface area contributed by atoms with Gasteiger partial charge in [0.05, 0.1) is 13.2 Å². The number of hydrogen-bond acceptors (Lipinski definition) is 5. The number of thiazole rings is 1. The van der Waals surface area contributed by atoms with Crippen molar-refractivity contribution in [1.29, 1.82) is 0 Å². The first kappa shape index (κ1) is 11.7. The Morgan fingerprint density at radius 3 is 2.88 bits per heavy atom. The molecule has 0 bridgehead atoms. The monoisotopic (exact) mass is 254 g/mol. The van der Waals surface area contributed by atoms with Crippen LogP contribution in [0.1, 0.15) is 10.6 Å².